The number of rotatable bonds is 1. The summed E-state index contributed by atoms with van der Waals surface area (Å²) in [7, 11) is 0. The molecule has 1 aromatic rings. The highest BCUT2D eigenvalue weighted by Crippen LogP contribution is 2.34. The number of nitrogens with zero attached hydrogens (tertiary/aromatic N) is 1. The molecule has 2 N–H and O–H groups in total. The predicted molar refractivity (Wildman–Crippen MR) is 63.9 cm³/mol. The zero-order valence-corrected chi connectivity index (χ0v) is 10.1. The van der Waals surface area contributed by atoms with Gasteiger partial charge in [0.2, 0.25) is 0 Å². The molecule has 0 bridgehead atoms. The van der Waals surface area contributed by atoms with Crippen molar-refractivity contribution in [1.29, 1.82) is 0 Å². The van der Waals surface area contributed by atoms with Crippen molar-refractivity contribution < 1.29 is 19.4 Å². The van der Waals surface area contributed by atoms with Gasteiger partial charge in [0, 0.05) is 6.54 Å². The number of hydrogen-bond acceptors (Lipinski definition) is 2. The molecule has 98 valence electrons. The van der Waals surface area contributed by atoms with Gasteiger partial charge in [-0.2, -0.15) is 0 Å². The number of piperidine rings is 1. The topological polar surface area (TPSA) is 60.8 Å². The summed E-state index contributed by atoms with van der Waals surface area (Å²) in [6, 6.07) is 3.71. The van der Waals surface area contributed by atoms with Gasteiger partial charge in [-0.1, -0.05) is 13.0 Å². The molecule has 1 aromatic carbocycles. The zero-order chi connectivity index (χ0) is 13.3. The summed E-state index contributed by atoms with van der Waals surface area (Å²) in [5.41, 5.74) is 0.642. The van der Waals surface area contributed by atoms with Crippen LogP contribution < -0.4 is 0 Å². The molecule has 1 aliphatic rings. The van der Waals surface area contributed by atoms with Gasteiger partial charge in [0.25, 0.3) is 0 Å². The van der Waals surface area contributed by atoms with Gasteiger partial charge in [0.1, 0.15) is 0 Å². The highest BCUT2D eigenvalue weighted by Gasteiger charge is 2.31. The Hall–Kier alpha value is -1.78. The third kappa shape index (κ3) is 2.39. The molecule has 1 amide bonds. The average Bonchev–Trinajstić information content (AvgIpc) is 2.32. The number of phenols is 1. The highest BCUT2D eigenvalue weighted by molar-refractivity contribution is 5.66. The van der Waals surface area contributed by atoms with Gasteiger partial charge < -0.3 is 15.1 Å². The van der Waals surface area contributed by atoms with E-state index in [1.54, 1.807) is 0 Å². The SMILES string of the molecule is C[C@H]1CC[C@H](c2ccc(F)c(O)c2)N(C(=O)O)C1. The second-order valence-corrected chi connectivity index (χ2v) is 4.84. The van der Waals surface area contributed by atoms with Crippen LogP contribution in [0.25, 0.3) is 0 Å². The van der Waals surface area contributed by atoms with E-state index in [1.165, 1.54) is 23.1 Å². The third-order valence-corrected chi connectivity index (χ3v) is 3.42. The van der Waals surface area contributed by atoms with Gasteiger partial charge in [-0.05, 0) is 36.5 Å². The minimum absolute atomic E-state index is 0.301. The van der Waals surface area contributed by atoms with Crippen LogP contribution in [-0.4, -0.2) is 27.8 Å². The van der Waals surface area contributed by atoms with Gasteiger partial charge in [0.15, 0.2) is 11.6 Å². The molecule has 0 spiro atoms. The number of carbonyl (C=O) groups is 1. The quantitative estimate of drug-likeness (QED) is 0.808. The van der Waals surface area contributed by atoms with Crippen molar-refractivity contribution in [2.75, 3.05) is 6.54 Å². The van der Waals surface area contributed by atoms with E-state index >= 15 is 0 Å². The molecule has 0 radical (unpaired) electrons. The minimum Gasteiger partial charge on any atom is -0.505 e. The molecule has 0 aromatic heterocycles. The van der Waals surface area contributed by atoms with E-state index in [-0.39, 0.29) is 6.04 Å². The molecular formula is C13H16FNO3. The maximum absolute atomic E-state index is 13.0. The van der Waals surface area contributed by atoms with Gasteiger partial charge in [-0.3, -0.25) is 0 Å². The Labute approximate surface area is 105 Å². The smallest absolute Gasteiger partial charge is 0.407 e. The second-order valence-electron chi connectivity index (χ2n) is 4.84. The molecule has 2 atom stereocenters. The van der Waals surface area contributed by atoms with Gasteiger partial charge in [0.05, 0.1) is 6.04 Å². The van der Waals surface area contributed by atoms with Crippen LogP contribution in [-0.2, 0) is 0 Å². The Kier molecular flexibility index (Phi) is 3.41. The van der Waals surface area contributed by atoms with Crippen molar-refractivity contribution >= 4 is 6.09 Å². The number of aromatic hydroxyl groups is 1. The van der Waals surface area contributed by atoms with Crippen molar-refractivity contribution in [2.24, 2.45) is 5.92 Å². The first-order chi connectivity index (χ1) is 8.49. The van der Waals surface area contributed by atoms with Crippen molar-refractivity contribution in [1.82, 2.24) is 4.90 Å². The molecule has 4 nitrogen and oxygen atoms in total. The number of likely N-dealkylation sites (tertiary alicyclic amines) is 1. The molecule has 0 saturated carbocycles. The molecule has 1 fully saturated rings. The van der Waals surface area contributed by atoms with E-state index in [1.807, 2.05) is 6.92 Å². The molecule has 0 unspecified atom stereocenters. The Morgan fingerprint density at radius 3 is 2.78 bits per heavy atom. The lowest BCUT2D eigenvalue weighted by Gasteiger charge is -2.37. The van der Waals surface area contributed by atoms with Crippen LogP contribution in [0.15, 0.2) is 18.2 Å². The Morgan fingerprint density at radius 1 is 1.44 bits per heavy atom. The molecular weight excluding hydrogens is 237 g/mol. The third-order valence-electron chi connectivity index (χ3n) is 3.42. The van der Waals surface area contributed by atoms with Crippen molar-refractivity contribution in [3.05, 3.63) is 29.6 Å². The Bertz CT molecular complexity index is 464. The first-order valence-corrected chi connectivity index (χ1v) is 5.97. The lowest BCUT2D eigenvalue weighted by atomic mass is 9.90. The lowest BCUT2D eigenvalue weighted by molar-refractivity contribution is 0.0899. The average molecular weight is 253 g/mol. The molecule has 1 saturated heterocycles. The molecule has 5 heteroatoms. The molecule has 1 heterocycles. The summed E-state index contributed by atoms with van der Waals surface area (Å²) >= 11 is 0. The lowest BCUT2D eigenvalue weighted by Crippen LogP contribution is -2.40. The number of halogens is 1. The van der Waals surface area contributed by atoms with Crippen LogP contribution in [0.3, 0.4) is 0 Å². The fourth-order valence-corrected chi connectivity index (χ4v) is 2.45. The largest absolute Gasteiger partial charge is 0.505 e. The number of carboxylic acid groups (broad SMARTS) is 1. The number of benzene rings is 1. The number of phenolic OH excluding ortho intramolecular Hbond substituents is 1. The summed E-state index contributed by atoms with van der Waals surface area (Å²) in [6.07, 6.45) is 0.640. The fraction of sp³-hybridized carbons (Fsp3) is 0.462. The van der Waals surface area contributed by atoms with Crippen molar-refractivity contribution in [2.45, 2.75) is 25.8 Å². The highest BCUT2D eigenvalue weighted by atomic mass is 19.1. The predicted octanol–water partition coefficient (Wildman–Crippen LogP) is 2.98. The molecule has 1 aliphatic heterocycles. The van der Waals surface area contributed by atoms with Crippen molar-refractivity contribution in [3.63, 3.8) is 0 Å². The second kappa shape index (κ2) is 4.84. The molecule has 0 aliphatic carbocycles. The first-order valence-electron chi connectivity index (χ1n) is 5.97. The number of amides is 1. The fourth-order valence-electron chi connectivity index (χ4n) is 2.45. The van der Waals surface area contributed by atoms with Crippen LogP contribution >= 0.6 is 0 Å². The van der Waals surface area contributed by atoms with Crippen LogP contribution in [0.4, 0.5) is 9.18 Å². The number of hydrogen-bond donors (Lipinski definition) is 2. The summed E-state index contributed by atoms with van der Waals surface area (Å²) in [4.78, 5) is 12.6. The normalized spacial score (nSPS) is 24.0. The monoisotopic (exact) mass is 253 g/mol. The maximum Gasteiger partial charge on any atom is 0.407 e. The van der Waals surface area contributed by atoms with E-state index in [2.05, 4.69) is 0 Å². The van der Waals surface area contributed by atoms with E-state index in [0.717, 1.165) is 6.42 Å². The van der Waals surface area contributed by atoms with E-state index < -0.39 is 17.7 Å². The van der Waals surface area contributed by atoms with Crippen molar-refractivity contribution in [3.8, 4) is 5.75 Å². The van der Waals surface area contributed by atoms with E-state index in [0.29, 0.717) is 24.4 Å². The van der Waals surface area contributed by atoms with Crippen LogP contribution in [0.5, 0.6) is 5.75 Å². The zero-order valence-electron chi connectivity index (χ0n) is 10.1. The first kappa shape index (κ1) is 12.7. The van der Waals surface area contributed by atoms with E-state index in [9.17, 15) is 19.4 Å². The molecule has 18 heavy (non-hydrogen) atoms. The summed E-state index contributed by atoms with van der Waals surface area (Å²) in [5.74, 6) is -0.798. The summed E-state index contributed by atoms with van der Waals surface area (Å²) < 4.78 is 13.0. The van der Waals surface area contributed by atoms with Crippen LogP contribution in [0, 0.1) is 11.7 Å². The maximum atomic E-state index is 13.0. The summed E-state index contributed by atoms with van der Waals surface area (Å²) in [6.45, 7) is 2.48. The Morgan fingerprint density at radius 2 is 2.17 bits per heavy atom. The Balaban J connectivity index is 2.29. The summed E-state index contributed by atoms with van der Waals surface area (Å²) in [5, 5.41) is 18.6. The van der Waals surface area contributed by atoms with Gasteiger partial charge >= 0.3 is 6.09 Å². The van der Waals surface area contributed by atoms with Crippen LogP contribution in [0.2, 0.25) is 0 Å². The van der Waals surface area contributed by atoms with Crippen LogP contribution in [0.1, 0.15) is 31.4 Å². The minimum atomic E-state index is -0.977. The van der Waals surface area contributed by atoms with Gasteiger partial charge in [-0.25, -0.2) is 9.18 Å². The van der Waals surface area contributed by atoms with Gasteiger partial charge in [-0.15, -0.1) is 0 Å². The standard InChI is InChI=1S/C13H16FNO3/c1-8-2-5-11(15(7-8)13(17)18)9-3-4-10(14)12(16)6-9/h3-4,6,8,11,16H,2,5,7H2,1H3,(H,17,18)/t8-,11+/m0/s1. The van der Waals surface area contributed by atoms with E-state index in [4.69, 9.17) is 0 Å². The molecule has 2 rings (SSSR count).